The van der Waals surface area contributed by atoms with E-state index in [9.17, 15) is 13.2 Å². The predicted molar refractivity (Wildman–Crippen MR) is 81.3 cm³/mol. The lowest BCUT2D eigenvalue weighted by atomic mass is 9.87. The van der Waals surface area contributed by atoms with Gasteiger partial charge in [-0.1, -0.05) is 39.8 Å². The smallest absolute Gasteiger partial charge is 0.314 e. The molecule has 0 spiro atoms. The first-order valence-corrected chi connectivity index (χ1v) is 7.51. The monoisotopic (exact) mass is 301 g/mol. The molecule has 0 saturated carbocycles. The second-order valence-corrected chi connectivity index (χ2v) is 6.75. The lowest BCUT2D eigenvalue weighted by Gasteiger charge is -2.24. The van der Waals surface area contributed by atoms with Crippen LogP contribution in [0.2, 0.25) is 0 Å². The summed E-state index contributed by atoms with van der Waals surface area (Å²) in [4.78, 5) is 0. The van der Waals surface area contributed by atoms with Crippen molar-refractivity contribution >= 4 is 0 Å². The third kappa shape index (κ3) is 6.98. The van der Waals surface area contributed by atoms with Crippen LogP contribution in [-0.2, 0) is 12.6 Å². The lowest BCUT2D eigenvalue weighted by Crippen LogP contribution is -2.32. The van der Waals surface area contributed by atoms with Crippen LogP contribution in [0.25, 0.3) is 0 Å². The average Bonchev–Trinajstić information content (AvgIpc) is 2.35. The van der Waals surface area contributed by atoms with Gasteiger partial charge in [-0.25, -0.2) is 0 Å². The van der Waals surface area contributed by atoms with Gasteiger partial charge in [0.25, 0.3) is 0 Å². The molecule has 1 atom stereocenters. The Kier molecular flexibility index (Phi) is 6.26. The fourth-order valence-electron chi connectivity index (χ4n) is 2.29. The maximum atomic E-state index is 12.5. The van der Waals surface area contributed by atoms with Crippen LogP contribution in [0, 0.1) is 5.41 Å². The van der Waals surface area contributed by atoms with Gasteiger partial charge in [0, 0.05) is 6.04 Å². The minimum atomic E-state index is -4.26. The standard InChI is InChI=1S/C17H26F3N/c1-5-21-15(10-11-16(2,3)4)12-13-6-8-14(9-7-13)17(18,19)20/h6-9,15,21H,5,10-12H2,1-4H3. The van der Waals surface area contributed by atoms with Crippen LogP contribution in [-0.4, -0.2) is 12.6 Å². The van der Waals surface area contributed by atoms with E-state index in [1.807, 2.05) is 0 Å². The highest BCUT2D eigenvalue weighted by Crippen LogP contribution is 2.29. The van der Waals surface area contributed by atoms with E-state index in [-0.39, 0.29) is 5.41 Å². The van der Waals surface area contributed by atoms with Gasteiger partial charge in [0.1, 0.15) is 0 Å². The Bertz CT molecular complexity index is 415. The summed E-state index contributed by atoms with van der Waals surface area (Å²) in [6.07, 6.45) is -1.38. The van der Waals surface area contributed by atoms with Crippen LogP contribution in [0.3, 0.4) is 0 Å². The summed E-state index contributed by atoms with van der Waals surface area (Å²) in [5, 5.41) is 3.43. The van der Waals surface area contributed by atoms with Crippen molar-refractivity contribution in [1.29, 1.82) is 0 Å². The van der Waals surface area contributed by atoms with E-state index in [1.54, 1.807) is 12.1 Å². The first-order chi connectivity index (χ1) is 9.62. The van der Waals surface area contributed by atoms with Crippen molar-refractivity contribution in [2.45, 2.75) is 59.2 Å². The van der Waals surface area contributed by atoms with E-state index in [1.165, 1.54) is 12.1 Å². The quantitative estimate of drug-likeness (QED) is 0.775. The summed E-state index contributed by atoms with van der Waals surface area (Å²) >= 11 is 0. The third-order valence-electron chi connectivity index (χ3n) is 3.50. The molecule has 0 amide bonds. The fraction of sp³-hybridized carbons (Fsp3) is 0.647. The molecule has 21 heavy (non-hydrogen) atoms. The zero-order chi connectivity index (χ0) is 16.1. The normalized spacial score (nSPS) is 14.2. The van der Waals surface area contributed by atoms with Crippen molar-refractivity contribution in [3.05, 3.63) is 35.4 Å². The Labute approximate surface area is 125 Å². The number of hydrogen-bond donors (Lipinski definition) is 1. The zero-order valence-electron chi connectivity index (χ0n) is 13.3. The molecule has 0 heterocycles. The summed E-state index contributed by atoms with van der Waals surface area (Å²) in [6, 6.07) is 5.82. The molecule has 0 bridgehead atoms. The SMILES string of the molecule is CCNC(CCC(C)(C)C)Cc1ccc(C(F)(F)F)cc1. The van der Waals surface area contributed by atoms with Crippen molar-refractivity contribution in [3.63, 3.8) is 0 Å². The maximum absolute atomic E-state index is 12.5. The zero-order valence-corrected chi connectivity index (χ0v) is 13.3. The number of likely N-dealkylation sites (N-methyl/N-ethyl adjacent to an activating group) is 1. The molecular weight excluding hydrogens is 275 g/mol. The Morgan fingerprint density at radius 3 is 2.05 bits per heavy atom. The minimum Gasteiger partial charge on any atom is -0.314 e. The molecule has 1 unspecified atom stereocenters. The Morgan fingerprint density at radius 1 is 1.05 bits per heavy atom. The second kappa shape index (κ2) is 7.30. The van der Waals surface area contributed by atoms with Gasteiger partial charge in [0.05, 0.1) is 5.56 Å². The third-order valence-corrected chi connectivity index (χ3v) is 3.50. The largest absolute Gasteiger partial charge is 0.416 e. The van der Waals surface area contributed by atoms with Gasteiger partial charge < -0.3 is 5.32 Å². The van der Waals surface area contributed by atoms with E-state index in [0.717, 1.165) is 31.4 Å². The number of rotatable bonds is 6. The molecule has 120 valence electrons. The molecule has 1 nitrogen and oxygen atoms in total. The van der Waals surface area contributed by atoms with Crippen LogP contribution >= 0.6 is 0 Å². The molecule has 0 aromatic heterocycles. The van der Waals surface area contributed by atoms with Crippen molar-refractivity contribution < 1.29 is 13.2 Å². The molecule has 0 aliphatic heterocycles. The Balaban J connectivity index is 2.66. The van der Waals surface area contributed by atoms with Gasteiger partial charge in [-0.15, -0.1) is 0 Å². The summed E-state index contributed by atoms with van der Waals surface area (Å²) in [5.41, 5.74) is 0.636. The van der Waals surface area contributed by atoms with Gasteiger partial charge in [0.2, 0.25) is 0 Å². The molecule has 1 aromatic rings. The molecule has 1 aromatic carbocycles. The van der Waals surface area contributed by atoms with E-state index in [2.05, 4.69) is 33.0 Å². The van der Waals surface area contributed by atoms with Crippen LogP contribution in [0.5, 0.6) is 0 Å². The molecular formula is C17H26F3N. The average molecular weight is 301 g/mol. The maximum Gasteiger partial charge on any atom is 0.416 e. The Hall–Kier alpha value is -1.03. The number of benzene rings is 1. The lowest BCUT2D eigenvalue weighted by molar-refractivity contribution is -0.137. The first kappa shape index (κ1) is 18.0. The van der Waals surface area contributed by atoms with E-state index >= 15 is 0 Å². The highest BCUT2D eigenvalue weighted by molar-refractivity contribution is 5.25. The topological polar surface area (TPSA) is 12.0 Å². The molecule has 0 radical (unpaired) electrons. The number of nitrogens with one attached hydrogen (secondary N) is 1. The molecule has 0 saturated heterocycles. The predicted octanol–water partition coefficient (Wildman–Crippen LogP) is 5.05. The molecule has 0 aliphatic carbocycles. The first-order valence-electron chi connectivity index (χ1n) is 7.51. The van der Waals surface area contributed by atoms with Crippen molar-refractivity contribution in [2.24, 2.45) is 5.41 Å². The Morgan fingerprint density at radius 2 is 1.62 bits per heavy atom. The fourth-order valence-corrected chi connectivity index (χ4v) is 2.29. The number of halogens is 3. The summed E-state index contributed by atoms with van der Waals surface area (Å²) in [7, 11) is 0. The van der Waals surface area contributed by atoms with Crippen LogP contribution in [0.4, 0.5) is 13.2 Å². The van der Waals surface area contributed by atoms with Gasteiger partial charge in [-0.2, -0.15) is 13.2 Å². The second-order valence-electron chi connectivity index (χ2n) is 6.75. The summed E-state index contributed by atoms with van der Waals surface area (Å²) in [5.74, 6) is 0. The summed E-state index contributed by atoms with van der Waals surface area (Å²) in [6.45, 7) is 9.53. The van der Waals surface area contributed by atoms with E-state index in [0.29, 0.717) is 6.04 Å². The summed E-state index contributed by atoms with van der Waals surface area (Å²) < 4.78 is 37.6. The van der Waals surface area contributed by atoms with Gasteiger partial charge >= 0.3 is 6.18 Å². The molecule has 0 fully saturated rings. The van der Waals surface area contributed by atoms with Gasteiger partial charge in [0.15, 0.2) is 0 Å². The molecule has 1 N–H and O–H groups in total. The van der Waals surface area contributed by atoms with Crippen molar-refractivity contribution in [1.82, 2.24) is 5.32 Å². The molecule has 1 rings (SSSR count). The van der Waals surface area contributed by atoms with Gasteiger partial charge in [-0.05, 0) is 48.9 Å². The molecule has 0 aliphatic rings. The highest BCUT2D eigenvalue weighted by Gasteiger charge is 2.30. The van der Waals surface area contributed by atoms with Crippen molar-refractivity contribution in [3.8, 4) is 0 Å². The van der Waals surface area contributed by atoms with Crippen molar-refractivity contribution in [2.75, 3.05) is 6.54 Å². The number of alkyl halides is 3. The van der Waals surface area contributed by atoms with E-state index < -0.39 is 11.7 Å². The number of hydrogen-bond acceptors (Lipinski definition) is 1. The minimum absolute atomic E-state index is 0.272. The molecule has 4 heteroatoms. The van der Waals surface area contributed by atoms with Crippen LogP contribution < -0.4 is 5.32 Å². The highest BCUT2D eigenvalue weighted by atomic mass is 19.4. The van der Waals surface area contributed by atoms with Crippen LogP contribution in [0.15, 0.2) is 24.3 Å². The van der Waals surface area contributed by atoms with E-state index in [4.69, 9.17) is 0 Å². The van der Waals surface area contributed by atoms with Crippen LogP contribution in [0.1, 0.15) is 51.7 Å². The van der Waals surface area contributed by atoms with Gasteiger partial charge in [-0.3, -0.25) is 0 Å².